The summed E-state index contributed by atoms with van der Waals surface area (Å²) in [6.45, 7) is 2.01. The van der Waals surface area contributed by atoms with Crippen LogP contribution in [0.25, 0.3) is 0 Å². The number of rotatable bonds is 3. The van der Waals surface area contributed by atoms with Crippen LogP contribution < -0.4 is 0 Å². The number of benzene rings is 1. The molecule has 5 nitrogen and oxygen atoms in total. The van der Waals surface area contributed by atoms with Crippen LogP contribution >= 0.6 is 0 Å². The van der Waals surface area contributed by atoms with Gasteiger partial charge in [0.2, 0.25) is 5.91 Å². The molecule has 0 spiro atoms. The van der Waals surface area contributed by atoms with Gasteiger partial charge >= 0.3 is 0 Å². The lowest BCUT2D eigenvalue weighted by Crippen LogP contribution is -2.43. The second-order valence-corrected chi connectivity index (χ2v) is 7.44. The number of carbonyl (C=O) groups excluding carboxylic acids is 2. The van der Waals surface area contributed by atoms with Gasteiger partial charge in [0.1, 0.15) is 5.69 Å². The molecule has 0 bridgehead atoms. The molecule has 0 aliphatic carbocycles. The van der Waals surface area contributed by atoms with Crippen molar-refractivity contribution in [2.75, 3.05) is 13.1 Å². The van der Waals surface area contributed by atoms with E-state index in [-0.39, 0.29) is 17.9 Å². The van der Waals surface area contributed by atoms with Crippen LogP contribution in [-0.4, -0.2) is 45.3 Å². The summed E-state index contributed by atoms with van der Waals surface area (Å²) in [4.78, 5) is 29.6. The van der Waals surface area contributed by atoms with Crippen molar-refractivity contribution >= 4 is 11.8 Å². The Labute approximate surface area is 154 Å². The summed E-state index contributed by atoms with van der Waals surface area (Å²) in [5.41, 5.74) is 1.86. The van der Waals surface area contributed by atoms with Crippen LogP contribution in [0.4, 0.5) is 0 Å². The van der Waals surface area contributed by atoms with E-state index in [9.17, 15) is 9.59 Å². The van der Waals surface area contributed by atoms with Gasteiger partial charge in [-0.2, -0.15) is 0 Å². The van der Waals surface area contributed by atoms with Crippen molar-refractivity contribution in [3.8, 4) is 0 Å². The number of nitrogens with zero attached hydrogens (tertiary/aromatic N) is 3. The quantitative estimate of drug-likeness (QED) is 0.853. The van der Waals surface area contributed by atoms with Crippen molar-refractivity contribution in [3.05, 3.63) is 59.9 Å². The number of aromatic nitrogens is 1. The number of carbonyl (C=O) groups is 2. The largest absolute Gasteiger partial charge is 0.347 e. The minimum absolute atomic E-state index is 0.0673. The first-order valence-corrected chi connectivity index (χ1v) is 9.37. The second-order valence-electron chi connectivity index (χ2n) is 7.44. The highest BCUT2D eigenvalue weighted by atomic mass is 16.2. The molecule has 0 radical (unpaired) electrons. The molecule has 1 aromatic carbocycles. The van der Waals surface area contributed by atoms with Crippen LogP contribution in [0.2, 0.25) is 0 Å². The van der Waals surface area contributed by atoms with Crippen LogP contribution in [0.15, 0.2) is 48.7 Å². The average Bonchev–Trinajstić information content (AvgIpc) is 3.23. The van der Waals surface area contributed by atoms with Crippen LogP contribution in [0.1, 0.15) is 35.3 Å². The molecule has 26 heavy (non-hydrogen) atoms. The zero-order valence-electron chi connectivity index (χ0n) is 15.2. The topological polar surface area (TPSA) is 45.6 Å². The summed E-state index contributed by atoms with van der Waals surface area (Å²) in [6.07, 6.45) is 4.44. The molecule has 4 rings (SSSR count). The predicted octanol–water partition coefficient (Wildman–Crippen LogP) is 2.68. The van der Waals surface area contributed by atoms with Crippen molar-refractivity contribution in [1.82, 2.24) is 14.4 Å². The Morgan fingerprint density at radius 1 is 1.12 bits per heavy atom. The number of hydrogen-bond acceptors (Lipinski definition) is 2. The first-order valence-electron chi connectivity index (χ1n) is 9.37. The molecule has 0 saturated carbocycles. The Morgan fingerprint density at radius 3 is 2.65 bits per heavy atom. The highest BCUT2D eigenvalue weighted by Gasteiger charge is 2.42. The fourth-order valence-electron chi connectivity index (χ4n) is 4.33. The third kappa shape index (κ3) is 3.14. The molecule has 0 unspecified atom stereocenters. The van der Waals surface area contributed by atoms with Crippen molar-refractivity contribution in [1.29, 1.82) is 0 Å². The van der Waals surface area contributed by atoms with E-state index in [2.05, 4.69) is 12.1 Å². The molecule has 5 heteroatoms. The molecule has 2 amide bonds. The zero-order valence-corrected chi connectivity index (χ0v) is 15.2. The summed E-state index contributed by atoms with van der Waals surface area (Å²) >= 11 is 0. The van der Waals surface area contributed by atoms with E-state index in [1.165, 1.54) is 0 Å². The SMILES string of the molecule is Cn1cccc1C(=O)N1C[C@H]2CCCC(=O)N(Cc3ccccc3)[C@H]2C1. The molecule has 2 saturated heterocycles. The van der Waals surface area contributed by atoms with Crippen LogP contribution in [0.3, 0.4) is 0 Å². The minimum Gasteiger partial charge on any atom is -0.347 e. The summed E-state index contributed by atoms with van der Waals surface area (Å²) < 4.78 is 1.86. The first kappa shape index (κ1) is 16.9. The molecule has 136 valence electrons. The zero-order chi connectivity index (χ0) is 18.1. The average molecular weight is 351 g/mol. The molecule has 1 aromatic heterocycles. The van der Waals surface area contributed by atoms with E-state index in [1.807, 2.05) is 57.9 Å². The number of likely N-dealkylation sites (tertiary alicyclic amines) is 2. The maximum absolute atomic E-state index is 12.9. The second kappa shape index (κ2) is 6.98. The molecule has 2 aliphatic heterocycles. The van der Waals surface area contributed by atoms with E-state index >= 15 is 0 Å². The Morgan fingerprint density at radius 2 is 1.92 bits per heavy atom. The van der Waals surface area contributed by atoms with Gasteiger partial charge in [-0.3, -0.25) is 9.59 Å². The highest BCUT2D eigenvalue weighted by molar-refractivity contribution is 5.93. The third-order valence-corrected chi connectivity index (χ3v) is 5.74. The summed E-state index contributed by atoms with van der Waals surface area (Å²) in [5, 5.41) is 0. The maximum atomic E-state index is 12.9. The molecule has 2 atom stereocenters. The smallest absolute Gasteiger partial charge is 0.270 e. The lowest BCUT2D eigenvalue weighted by atomic mass is 9.98. The van der Waals surface area contributed by atoms with E-state index in [4.69, 9.17) is 0 Å². The molecule has 3 heterocycles. The molecule has 2 aromatic rings. The van der Waals surface area contributed by atoms with Crippen molar-refractivity contribution < 1.29 is 9.59 Å². The predicted molar refractivity (Wildman–Crippen MR) is 99.4 cm³/mol. The van der Waals surface area contributed by atoms with Crippen LogP contribution in [0.5, 0.6) is 0 Å². The monoisotopic (exact) mass is 351 g/mol. The number of amides is 2. The highest BCUT2D eigenvalue weighted by Crippen LogP contribution is 2.32. The lowest BCUT2D eigenvalue weighted by Gasteiger charge is -2.30. The minimum atomic E-state index is 0.0673. The van der Waals surface area contributed by atoms with Gasteiger partial charge in [0.15, 0.2) is 0 Å². The maximum Gasteiger partial charge on any atom is 0.270 e. The number of fused-ring (bicyclic) bond motifs is 1. The molecule has 2 fully saturated rings. The van der Waals surface area contributed by atoms with Gasteiger partial charge in [0.25, 0.3) is 5.91 Å². The normalized spacial score (nSPS) is 23.0. The van der Waals surface area contributed by atoms with Gasteiger partial charge in [0, 0.05) is 39.3 Å². The first-order chi connectivity index (χ1) is 12.6. The van der Waals surface area contributed by atoms with Gasteiger partial charge in [-0.1, -0.05) is 30.3 Å². The van der Waals surface area contributed by atoms with E-state index < -0.39 is 0 Å². The Bertz CT molecular complexity index is 799. The summed E-state index contributed by atoms with van der Waals surface area (Å²) in [5.74, 6) is 0.654. The summed E-state index contributed by atoms with van der Waals surface area (Å²) in [7, 11) is 1.90. The van der Waals surface area contributed by atoms with Gasteiger partial charge in [0.05, 0.1) is 6.04 Å². The van der Waals surface area contributed by atoms with Gasteiger partial charge in [-0.15, -0.1) is 0 Å². The van der Waals surface area contributed by atoms with Gasteiger partial charge in [-0.05, 0) is 36.5 Å². The number of aryl methyl sites for hydroxylation is 1. The Kier molecular flexibility index (Phi) is 4.53. The van der Waals surface area contributed by atoms with Crippen molar-refractivity contribution in [2.24, 2.45) is 13.0 Å². The van der Waals surface area contributed by atoms with Crippen molar-refractivity contribution in [2.45, 2.75) is 31.8 Å². The van der Waals surface area contributed by atoms with Gasteiger partial charge < -0.3 is 14.4 Å². The van der Waals surface area contributed by atoms with E-state index in [0.29, 0.717) is 31.1 Å². The Hall–Kier alpha value is -2.56. The Balaban J connectivity index is 1.55. The standard InChI is InChI=1S/C21H25N3O2/c1-22-12-6-10-18(22)21(26)23-14-17-9-5-11-20(25)24(19(17)15-23)13-16-7-3-2-4-8-16/h2-4,6-8,10,12,17,19H,5,9,11,13-15H2,1H3/t17-,19+/m1/s1. The van der Waals surface area contributed by atoms with E-state index in [1.54, 1.807) is 0 Å². The fraction of sp³-hybridized carbons (Fsp3) is 0.429. The molecule has 2 aliphatic rings. The molecular weight excluding hydrogens is 326 g/mol. The molecular formula is C21H25N3O2. The summed E-state index contributed by atoms with van der Waals surface area (Å²) in [6, 6.07) is 14.0. The van der Waals surface area contributed by atoms with E-state index in [0.717, 1.165) is 24.9 Å². The van der Waals surface area contributed by atoms with Gasteiger partial charge in [-0.25, -0.2) is 0 Å². The van der Waals surface area contributed by atoms with Crippen LogP contribution in [0, 0.1) is 5.92 Å². The third-order valence-electron chi connectivity index (χ3n) is 5.74. The fourth-order valence-corrected chi connectivity index (χ4v) is 4.33. The van der Waals surface area contributed by atoms with Crippen LogP contribution in [-0.2, 0) is 18.4 Å². The lowest BCUT2D eigenvalue weighted by molar-refractivity contribution is -0.133. The molecule has 0 N–H and O–H groups in total. The van der Waals surface area contributed by atoms with Crippen molar-refractivity contribution in [3.63, 3.8) is 0 Å². The number of hydrogen-bond donors (Lipinski definition) is 0.